The van der Waals surface area contributed by atoms with Crippen LogP contribution in [-0.2, 0) is 20.1 Å². The van der Waals surface area contributed by atoms with E-state index in [2.05, 4.69) is 40.6 Å². The molecule has 0 unspecified atom stereocenters. The first-order valence-corrected chi connectivity index (χ1v) is 8.22. The van der Waals surface area contributed by atoms with E-state index in [1.807, 2.05) is 36.0 Å². The van der Waals surface area contributed by atoms with Crippen molar-refractivity contribution >= 4 is 29.9 Å². The average Bonchev–Trinajstić information content (AvgIpc) is 2.99. The second-order valence-corrected chi connectivity index (χ2v) is 6.04. The third-order valence-electron chi connectivity index (χ3n) is 3.57. The predicted octanol–water partition coefficient (Wildman–Crippen LogP) is 2.94. The molecule has 138 valence electrons. The zero-order valence-corrected chi connectivity index (χ0v) is 17.7. The van der Waals surface area contributed by atoms with Crippen LogP contribution in [-0.4, -0.2) is 29.4 Å². The lowest BCUT2D eigenvalue weighted by atomic mass is 10.2. The number of para-hydroxylation sites is 1. The highest BCUT2D eigenvalue weighted by Crippen LogP contribution is 2.18. The van der Waals surface area contributed by atoms with Crippen LogP contribution < -0.4 is 15.4 Å². The number of aryl methyl sites for hydroxylation is 1. The first kappa shape index (κ1) is 21.3. The Balaban J connectivity index is 0.00000312. The van der Waals surface area contributed by atoms with E-state index in [0.717, 1.165) is 23.0 Å². The average molecular weight is 457 g/mol. The number of nitrogens with one attached hydrogen (secondary N) is 2. The van der Waals surface area contributed by atoms with E-state index in [0.29, 0.717) is 25.6 Å². The summed E-state index contributed by atoms with van der Waals surface area (Å²) in [6.07, 6.45) is 1.79. The van der Waals surface area contributed by atoms with Gasteiger partial charge in [0.15, 0.2) is 5.96 Å². The Morgan fingerprint density at radius 2 is 1.92 bits per heavy atom. The third-order valence-corrected chi connectivity index (χ3v) is 3.57. The van der Waals surface area contributed by atoms with Crippen molar-refractivity contribution in [2.24, 2.45) is 18.0 Å². The fraction of sp³-hybridized carbons (Fsp3) is 0.444. The Kier molecular flexibility index (Phi) is 9.33. The summed E-state index contributed by atoms with van der Waals surface area (Å²) in [4.78, 5) is 4.26. The van der Waals surface area contributed by atoms with Gasteiger partial charge in [0, 0.05) is 32.4 Å². The fourth-order valence-corrected chi connectivity index (χ4v) is 2.20. The molecule has 25 heavy (non-hydrogen) atoms. The summed E-state index contributed by atoms with van der Waals surface area (Å²) >= 11 is 0. The molecule has 0 fully saturated rings. The second-order valence-electron chi connectivity index (χ2n) is 6.04. The number of halogens is 1. The van der Waals surface area contributed by atoms with Gasteiger partial charge in [0.25, 0.3) is 0 Å². The van der Waals surface area contributed by atoms with Gasteiger partial charge in [-0.15, -0.1) is 24.0 Å². The number of guanidine groups is 1. The molecule has 0 bridgehead atoms. The quantitative estimate of drug-likeness (QED) is 0.382. The lowest BCUT2D eigenvalue weighted by molar-refractivity contribution is 0.268. The van der Waals surface area contributed by atoms with Gasteiger partial charge in [-0.3, -0.25) is 9.67 Å². The van der Waals surface area contributed by atoms with E-state index in [1.54, 1.807) is 13.2 Å². The zero-order valence-electron chi connectivity index (χ0n) is 15.3. The van der Waals surface area contributed by atoms with E-state index in [4.69, 9.17) is 4.74 Å². The molecule has 1 aromatic heterocycles. The summed E-state index contributed by atoms with van der Waals surface area (Å²) in [5, 5.41) is 10.8. The number of nitrogens with zero attached hydrogens (tertiary/aromatic N) is 3. The van der Waals surface area contributed by atoms with E-state index in [-0.39, 0.29) is 24.0 Å². The Hall–Kier alpha value is -1.77. The van der Waals surface area contributed by atoms with Gasteiger partial charge in [-0.05, 0) is 18.1 Å². The summed E-state index contributed by atoms with van der Waals surface area (Å²) in [6, 6.07) is 10.1. The van der Waals surface area contributed by atoms with Gasteiger partial charge >= 0.3 is 0 Å². The number of rotatable bonds is 7. The summed E-state index contributed by atoms with van der Waals surface area (Å²) in [5.41, 5.74) is 2.21. The van der Waals surface area contributed by atoms with Crippen LogP contribution in [0.5, 0.6) is 5.75 Å². The van der Waals surface area contributed by atoms with E-state index < -0.39 is 0 Å². The molecule has 0 saturated heterocycles. The van der Waals surface area contributed by atoms with Gasteiger partial charge in [0.1, 0.15) is 5.75 Å². The molecule has 0 aliphatic carbocycles. The van der Waals surface area contributed by atoms with Crippen molar-refractivity contribution in [2.45, 2.75) is 26.9 Å². The van der Waals surface area contributed by atoms with Crippen LogP contribution in [0.3, 0.4) is 0 Å². The molecule has 0 spiro atoms. The van der Waals surface area contributed by atoms with Crippen molar-refractivity contribution in [3.8, 4) is 5.75 Å². The maximum atomic E-state index is 5.89. The Labute approximate surface area is 167 Å². The first-order valence-electron chi connectivity index (χ1n) is 8.22. The standard InChI is InChI=1S/C18H27N5O.HI/c1-14(2)13-24-17-8-6-5-7-15(17)11-20-18(19-3)21-12-16-9-10-22-23(16)4;/h5-10,14H,11-13H2,1-4H3,(H2,19,20,21);1H. The summed E-state index contributed by atoms with van der Waals surface area (Å²) in [6.45, 7) is 6.32. The van der Waals surface area contributed by atoms with Crippen molar-refractivity contribution in [3.05, 3.63) is 47.8 Å². The van der Waals surface area contributed by atoms with E-state index in [1.165, 1.54) is 0 Å². The minimum atomic E-state index is 0. The number of benzene rings is 1. The summed E-state index contributed by atoms with van der Waals surface area (Å²) in [7, 11) is 3.69. The highest BCUT2D eigenvalue weighted by Gasteiger charge is 2.06. The van der Waals surface area contributed by atoms with Crippen molar-refractivity contribution in [3.63, 3.8) is 0 Å². The van der Waals surface area contributed by atoms with E-state index in [9.17, 15) is 0 Å². The molecule has 2 N–H and O–H groups in total. The van der Waals surface area contributed by atoms with Crippen LogP contribution in [0.1, 0.15) is 25.1 Å². The van der Waals surface area contributed by atoms with Crippen LogP contribution in [0, 0.1) is 5.92 Å². The van der Waals surface area contributed by atoms with E-state index >= 15 is 0 Å². The molecule has 1 aromatic carbocycles. The van der Waals surface area contributed by atoms with Crippen molar-refractivity contribution in [1.29, 1.82) is 0 Å². The highest BCUT2D eigenvalue weighted by atomic mass is 127. The Bertz CT molecular complexity index is 669. The monoisotopic (exact) mass is 457 g/mol. The number of ether oxygens (including phenoxy) is 1. The fourth-order valence-electron chi connectivity index (χ4n) is 2.20. The van der Waals surface area contributed by atoms with Crippen LogP contribution in [0.4, 0.5) is 0 Å². The van der Waals surface area contributed by atoms with Crippen LogP contribution in [0.15, 0.2) is 41.5 Å². The lowest BCUT2D eigenvalue weighted by Gasteiger charge is -2.15. The minimum Gasteiger partial charge on any atom is -0.493 e. The van der Waals surface area contributed by atoms with Crippen LogP contribution >= 0.6 is 24.0 Å². The van der Waals surface area contributed by atoms with Gasteiger partial charge in [0.2, 0.25) is 0 Å². The zero-order chi connectivity index (χ0) is 17.4. The molecule has 0 amide bonds. The second kappa shape index (κ2) is 11.0. The number of hydrogen-bond acceptors (Lipinski definition) is 3. The topological polar surface area (TPSA) is 63.5 Å². The molecule has 0 aliphatic rings. The molecule has 0 saturated carbocycles. The number of hydrogen-bond donors (Lipinski definition) is 2. The van der Waals surface area contributed by atoms with Crippen LogP contribution in [0.2, 0.25) is 0 Å². The maximum absolute atomic E-state index is 5.89. The smallest absolute Gasteiger partial charge is 0.191 e. The molecule has 0 aliphatic heterocycles. The van der Waals surface area contributed by atoms with Gasteiger partial charge in [-0.25, -0.2) is 0 Å². The molecule has 6 nitrogen and oxygen atoms in total. The molecular weight excluding hydrogens is 429 g/mol. The van der Waals surface area contributed by atoms with Gasteiger partial charge in [0.05, 0.1) is 18.8 Å². The largest absolute Gasteiger partial charge is 0.493 e. The number of aromatic nitrogens is 2. The Morgan fingerprint density at radius 3 is 2.56 bits per heavy atom. The maximum Gasteiger partial charge on any atom is 0.191 e. The molecule has 2 rings (SSSR count). The highest BCUT2D eigenvalue weighted by molar-refractivity contribution is 14.0. The molecule has 7 heteroatoms. The summed E-state index contributed by atoms with van der Waals surface area (Å²) in [5.74, 6) is 2.16. The molecule has 0 radical (unpaired) electrons. The SMILES string of the molecule is CN=C(NCc1ccccc1OCC(C)C)NCc1ccnn1C.I. The summed E-state index contributed by atoms with van der Waals surface area (Å²) < 4.78 is 7.73. The molecular formula is C18H28IN5O. The number of aliphatic imine (C=N–C) groups is 1. The van der Waals surface area contributed by atoms with Gasteiger partial charge in [-0.2, -0.15) is 5.10 Å². The third kappa shape index (κ3) is 6.93. The molecule has 1 heterocycles. The Morgan fingerprint density at radius 1 is 1.20 bits per heavy atom. The first-order chi connectivity index (χ1) is 11.6. The predicted molar refractivity (Wildman–Crippen MR) is 112 cm³/mol. The van der Waals surface area contributed by atoms with Crippen molar-refractivity contribution in [1.82, 2.24) is 20.4 Å². The minimum absolute atomic E-state index is 0. The van der Waals surface area contributed by atoms with Gasteiger partial charge in [-0.1, -0.05) is 32.0 Å². The normalized spacial score (nSPS) is 11.2. The molecule has 0 atom stereocenters. The van der Waals surface area contributed by atoms with Crippen molar-refractivity contribution < 1.29 is 4.74 Å². The lowest BCUT2D eigenvalue weighted by Crippen LogP contribution is -2.36. The van der Waals surface area contributed by atoms with Crippen molar-refractivity contribution in [2.75, 3.05) is 13.7 Å². The van der Waals surface area contributed by atoms with Crippen LogP contribution in [0.25, 0.3) is 0 Å². The molecule has 2 aromatic rings. The van der Waals surface area contributed by atoms with Gasteiger partial charge < -0.3 is 15.4 Å².